The molecule has 0 amide bonds. The Morgan fingerprint density at radius 1 is 1.05 bits per heavy atom. The summed E-state index contributed by atoms with van der Waals surface area (Å²) in [6.07, 6.45) is 3.07. The van der Waals surface area contributed by atoms with Crippen molar-refractivity contribution in [1.29, 1.82) is 0 Å². The van der Waals surface area contributed by atoms with Gasteiger partial charge in [-0.1, -0.05) is 64.6 Å². The highest BCUT2D eigenvalue weighted by Gasteiger charge is 2.06. The van der Waals surface area contributed by atoms with Crippen LogP contribution in [-0.2, 0) is 0 Å². The average Bonchev–Trinajstić information content (AvgIpc) is 2.41. The van der Waals surface area contributed by atoms with Crippen LogP contribution in [0.15, 0.2) is 42.5 Å². The molecule has 2 aromatic carbocycles. The molecule has 0 N–H and O–H groups in total. The minimum atomic E-state index is -0.0998. The summed E-state index contributed by atoms with van der Waals surface area (Å²) < 4.78 is 0. The second kappa shape index (κ2) is 6.45. The Bertz CT molecular complexity index is 673. The number of ketones is 1. The molecule has 2 rings (SSSR count). The van der Waals surface area contributed by atoms with E-state index in [0.29, 0.717) is 26.2 Å². The summed E-state index contributed by atoms with van der Waals surface area (Å²) >= 11 is 17.9. The van der Waals surface area contributed by atoms with Gasteiger partial charge in [-0.3, -0.25) is 4.79 Å². The lowest BCUT2D eigenvalue weighted by atomic mass is 10.1. The minimum absolute atomic E-state index is 0.0998. The van der Waals surface area contributed by atoms with Crippen molar-refractivity contribution in [1.82, 2.24) is 0 Å². The molecule has 0 saturated carbocycles. The van der Waals surface area contributed by atoms with E-state index < -0.39 is 0 Å². The van der Waals surface area contributed by atoms with Crippen LogP contribution in [0.2, 0.25) is 15.1 Å². The average molecular weight is 326 g/mol. The number of rotatable bonds is 3. The van der Waals surface area contributed by atoms with Crippen LogP contribution in [0.5, 0.6) is 0 Å². The molecule has 0 spiro atoms. The monoisotopic (exact) mass is 324 g/mol. The highest BCUT2D eigenvalue weighted by atomic mass is 35.5. The number of carbonyl (C=O) groups is 1. The SMILES string of the molecule is Cc1ccc(C(=O)C=Cc2cc(Cl)cc(Cl)c2Cl)cc1. The van der Waals surface area contributed by atoms with Crippen LogP contribution in [0.3, 0.4) is 0 Å². The molecule has 2 aromatic rings. The lowest BCUT2D eigenvalue weighted by Crippen LogP contribution is -1.93. The van der Waals surface area contributed by atoms with Gasteiger partial charge in [0, 0.05) is 10.6 Å². The summed E-state index contributed by atoms with van der Waals surface area (Å²) in [6, 6.07) is 10.6. The number of allylic oxidation sites excluding steroid dienone is 1. The quantitative estimate of drug-likeness (QED) is 0.393. The van der Waals surface area contributed by atoms with Crippen molar-refractivity contribution in [2.24, 2.45) is 0 Å². The maximum Gasteiger partial charge on any atom is 0.185 e. The molecule has 0 aliphatic heterocycles. The van der Waals surface area contributed by atoms with Crippen molar-refractivity contribution in [2.75, 3.05) is 0 Å². The molecule has 102 valence electrons. The van der Waals surface area contributed by atoms with Crippen molar-refractivity contribution in [3.63, 3.8) is 0 Å². The first-order valence-corrected chi connectivity index (χ1v) is 7.04. The van der Waals surface area contributed by atoms with Crippen LogP contribution >= 0.6 is 34.8 Å². The molecule has 0 heterocycles. The van der Waals surface area contributed by atoms with Crippen LogP contribution in [0.1, 0.15) is 21.5 Å². The molecular weight excluding hydrogens is 315 g/mol. The van der Waals surface area contributed by atoms with E-state index in [1.54, 1.807) is 30.3 Å². The Labute approximate surface area is 132 Å². The van der Waals surface area contributed by atoms with Gasteiger partial charge in [0.25, 0.3) is 0 Å². The molecule has 0 radical (unpaired) electrons. The van der Waals surface area contributed by atoms with E-state index in [0.717, 1.165) is 5.56 Å². The highest BCUT2D eigenvalue weighted by Crippen LogP contribution is 2.30. The molecule has 0 aromatic heterocycles. The maximum absolute atomic E-state index is 12.0. The van der Waals surface area contributed by atoms with E-state index in [1.165, 1.54) is 6.08 Å². The summed E-state index contributed by atoms with van der Waals surface area (Å²) in [6.45, 7) is 1.97. The molecule has 0 saturated heterocycles. The third-order valence-corrected chi connectivity index (χ3v) is 3.81. The van der Waals surface area contributed by atoms with Crippen molar-refractivity contribution in [3.8, 4) is 0 Å². The maximum atomic E-state index is 12.0. The zero-order chi connectivity index (χ0) is 14.7. The van der Waals surface area contributed by atoms with Gasteiger partial charge in [0.1, 0.15) is 0 Å². The summed E-state index contributed by atoms with van der Waals surface area (Å²) in [5.41, 5.74) is 2.34. The Kier molecular flexibility index (Phi) is 4.87. The first-order valence-electron chi connectivity index (χ1n) is 5.91. The number of benzene rings is 2. The molecule has 1 nitrogen and oxygen atoms in total. The van der Waals surface area contributed by atoms with Gasteiger partial charge in [-0.15, -0.1) is 0 Å². The van der Waals surface area contributed by atoms with Crippen molar-refractivity contribution in [2.45, 2.75) is 6.92 Å². The summed E-state index contributed by atoms with van der Waals surface area (Å²) in [5, 5.41) is 1.22. The second-order valence-corrected chi connectivity index (χ2v) is 5.58. The topological polar surface area (TPSA) is 17.1 Å². The zero-order valence-electron chi connectivity index (χ0n) is 10.7. The van der Waals surface area contributed by atoms with Gasteiger partial charge in [-0.05, 0) is 36.8 Å². The normalized spacial score (nSPS) is 11.0. The molecule has 0 fully saturated rings. The fourth-order valence-electron chi connectivity index (χ4n) is 1.68. The third kappa shape index (κ3) is 3.63. The van der Waals surface area contributed by atoms with Gasteiger partial charge in [0.05, 0.1) is 10.0 Å². The molecule has 0 unspecified atom stereocenters. The molecule has 0 aliphatic carbocycles. The number of carbonyl (C=O) groups excluding carboxylic acids is 1. The van der Waals surface area contributed by atoms with Gasteiger partial charge in [0.2, 0.25) is 0 Å². The summed E-state index contributed by atoms with van der Waals surface area (Å²) in [5.74, 6) is -0.0998. The zero-order valence-corrected chi connectivity index (χ0v) is 12.9. The highest BCUT2D eigenvalue weighted by molar-refractivity contribution is 6.44. The Morgan fingerprint density at radius 2 is 1.70 bits per heavy atom. The van der Waals surface area contributed by atoms with Gasteiger partial charge >= 0.3 is 0 Å². The molecule has 0 atom stereocenters. The van der Waals surface area contributed by atoms with Crippen molar-refractivity contribution >= 4 is 46.7 Å². The molecular formula is C16H11Cl3O. The van der Waals surface area contributed by atoms with E-state index in [9.17, 15) is 4.79 Å². The summed E-state index contributed by atoms with van der Waals surface area (Å²) in [4.78, 5) is 12.0. The number of halogens is 3. The Balaban J connectivity index is 2.25. The smallest absolute Gasteiger partial charge is 0.185 e. The van der Waals surface area contributed by atoms with Crippen LogP contribution in [0.4, 0.5) is 0 Å². The van der Waals surface area contributed by atoms with Crippen LogP contribution in [0, 0.1) is 6.92 Å². The number of hydrogen-bond donors (Lipinski definition) is 0. The van der Waals surface area contributed by atoms with Gasteiger partial charge in [-0.2, -0.15) is 0 Å². The lowest BCUT2D eigenvalue weighted by molar-refractivity contribution is 0.104. The van der Waals surface area contributed by atoms with Gasteiger partial charge in [0.15, 0.2) is 5.78 Å². The first-order chi connectivity index (χ1) is 9.47. The molecule has 0 bridgehead atoms. The number of hydrogen-bond acceptors (Lipinski definition) is 1. The van der Waals surface area contributed by atoms with Crippen LogP contribution in [-0.4, -0.2) is 5.78 Å². The van der Waals surface area contributed by atoms with E-state index in [2.05, 4.69) is 0 Å². The van der Waals surface area contributed by atoms with E-state index in [-0.39, 0.29) is 5.78 Å². The largest absolute Gasteiger partial charge is 0.289 e. The fourth-order valence-corrected chi connectivity index (χ4v) is 2.36. The Hall–Kier alpha value is -1.28. The van der Waals surface area contributed by atoms with E-state index >= 15 is 0 Å². The Morgan fingerprint density at radius 3 is 2.35 bits per heavy atom. The standard InChI is InChI=1S/C16H11Cl3O/c1-10-2-4-11(5-3-10)15(20)7-6-12-8-13(17)9-14(18)16(12)19/h2-9H,1H3. The number of aryl methyl sites for hydroxylation is 1. The predicted octanol–water partition coefficient (Wildman–Crippen LogP) is 5.85. The molecule has 4 heteroatoms. The van der Waals surface area contributed by atoms with E-state index in [4.69, 9.17) is 34.8 Å². The van der Waals surface area contributed by atoms with Crippen LogP contribution < -0.4 is 0 Å². The van der Waals surface area contributed by atoms with Crippen LogP contribution in [0.25, 0.3) is 6.08 Å². The lowest BCUT2D eigenvalue weighted by Gasteiger charge is -2.02. The van der Waals surface area contributed by atoms with Gasteiger partial charge in [-0.25, -0.2) is 0 Å². The molecule has 20 heavy (non-hydrogen) atoms. The third-order valence-electron chi connectivity index (χ3n) is 2.77. The minimum Gasteiger partial charge on any atom is -0.289 e. The fraction of sp³-hybridized carbons (Fsp3) is 0.0625. The summed E-state index contributed by atoms with van der Waals surface area (Å²) in [7, 11) is 0. The van der Waals surface area contributed by atoms with Gasteiger partial charge < -0.3 is 0 Å². The van der Waals surface area contributed by atoms with Crippen molar-refractivity contribution < 1.29 is 4.79 Å². The second-order valence-electron chi connectivity index (χ2n) is 4.35. The predicted molar refractivity (Wildman–Crippen MR) is 86.0 cm³/mol. The molecule has 0 aliphatic rings. The first kappa shape index (κ1) is 15.1. The van der Waals surface area contributed by atoms with Crippen molar-refractivity contribution in [3.05, 3.63) is 74.2 Å². The van der Waals surface area contributed by atoms with E-state index in [1.807, 2.05) is 19.1 Å².